The van der Waals surface area contributed by atoms with Gasteiger partial charge in [0, 0.05) is 6.20 Å². The van der Waals surface area contributed by atoms with Gasteiger partial charge in [-0.05, 0) is 24.3 Å². The third kappa shape index (κ3) is 2.44. The maximum Gasteiger partial charge on any atom is 0.164 e. The Labute approximate surface area is 135 Å². The van der Waals surface area contributed by atoms with Gasteiger partial charge in [0.05, 0.1) is 33.2 Å². The molecule has 0 saturated heterocycles. The van der Waals surface area contributed by atoms with Gasteiger partial charge in [-0.3, -0.25) is 4.57 Å². The summed E-state index contributed by atoms with van der Waals surface area (Å²) in [6.45, 7) is 0. The molecule has 0 amide bonds. The van der Waals surface area contributed by atoms with Gasteiger partial charge in [-0.25, -0.2) is 9.97 Å². The Hall–Kier alpha value is -1.80. The zero-order valence-electron chi connectivity index (χ0n) is 10.5. The zero-order valence-corrected chi connectivity index (χ0v) is 12.8. The quantitative estimate of drug-likeness (QED) is 0.654. The minimum absolute atomic E-state index is 0.182. The summed E-state index contributed by atoms with van der Waals surface area (Å²) >= 11 is 18.2. The van der Waals surface area contributed by atoms with Crippen molar-refractivity contribution in [2.75, 3.05) is 0 Å². The van der Waals surface area contributed by atoms with Crippen LogP contribution in [-0.4, -0.2) is 14.5 Å². The molecule has 3 rings (SSSR count). The monoisotopic (exact) mass is 336 g/mol. The second kappa shape index (κ2) is 5.53. The molecular formula is C14H7Cl3N4. The van der Waals surface area contributed by atoms with Gasteiger partial charge in [0.15, 0.2) is 5.65 Å². The first kappa shape index (κ1) is 14.2. The summed E-state index contributed by atoms with van der Waals surface area (Å²) in [6, 6.07) is 8.78. The van der Waals surface area contributed by atoms with Crippen molar-refractivity contribution < 1.29 is 0 Å². The van der Waals surface area contributed by atoms with Gasteiger partial charge in [-0.2, -0.15) is 5.26 Å². The normalized spacial score (nSPS) is 10.8. The Morgan fingerprint density at radius 2 is 2.05 bits per heavy atom. The Morgan fingerprint density at radius 1 is 1.24 bits per heavy atom. The third-order valence-electron chi connectivity index (χ3n) is 2.97. The van der Waals surface area contributed by atoms with Crippen molar-refractivity contribution >= 4 is 46.0 Å². The molecule has 0 aliphatic rings. The fraction of sp³-hybridized carbons (Fsp3) is 0.0714. The number of rotatable bonds is 2. The minimum Gasteiger partial charge on any atom is -0.278 e. The maximum atomic E-state index is 9.05. The summed E-state index contributed by atoms with van der Waals surface area (Å²) in [5.41, 5.74) is 2.32. The van der Waals surface area contributed by atoms with Gasteiger partial charge in [-0.15, -0.1) is 11.6 Å². The van der Waals surface area contributed by atoms with E-state index in [4.69, 9.17) is 40.1 Å². The number of hydrogen-bond acceptors (Lipinski definition) is 3. The van der Waals surface area contributed by atoms with Gasteiger partial charge in [0.1, 0.15) is 11.3 Å². The number of hydrogen-bond donors (Lipinski definition) is 0. The summed E-state index contributed by atoms with van der Waals surface area (Å²) in [4.78, 5) is 8.70. The molecule has 0 saturated carbocycles. The first-order valence-corrected chi connectivity index (χ1v) is 7.22. The predicted molar refractivity (Wildman–Crippen MR) is 83.2 cm³/mol. The van der Waals surface area contributed by atoms with Crippen LogP contribution in [0.5, 0.6) is 0 Å². The lowest BCUT2D eigenvalue weighted by molar-refractivity contribution is 0.969. The van der Waals surface area contributed by atoms with E-state index in [1.54, 1.807) is 28.8 Å². The summed E-state index contributed by atoms with van der Waals surface area (Å²) in [5, 5.41) is 10.0. The highest BCUT2D eigenvalue weighted by molar-refractivity contribution is 6.32. The number of pyridine rings is 1. The molecule has 3 aromatic rings. The average Bonchev–Trinajstić information content (AvgIpc) is 2.85. The number of benzene rings is 1. The topological polar surface area (TPSA) is 54.5 Å². The van der Waals surface area contributed by atoms with Crippen molar-refractivity contribution in [3.63, 3.8) is 0 Å². The standard InChI is InChI=1S/C14H7Cl3N4/c15-5-13-20-11-4-9(16)7-19-14(11)21(13)12-3-8(6-18)1-2-10(12)17/h1-4,7H,5H2. The molecule has 2 heterocycles. The van der Waals surface area contributed by atoms with Crippen molar-refractivity contribution in [1.29, 1.82) is 5.26 Å². The number of aromatic nitrogens is 3. The molecule has 4 nitrogen and oxygen atoms in total. The van der Waals surface area contributed by atoms with Crippen molar-refractivity contribution in [1.82, 2.24) is 14.5 Å². The summed E-state index contributed by atoms with van der Waals surface area (Å²) in [5.74, 6) is 0.764. The van der Waals surface area contributed by atoms with Gasteiger partial charge in [-0.1, -0.05) is 23.2 Å². The van der Waals surface area contributed by atoms with Crippen LogP contribution in [0.25, 0.3) is 16.9 Å². The molecular weight excluding hydrogens is 331 g/mol. The highest BCUT2D eigenvalue weighted by Crippen LogP contribution is 2.28. The van der Waals surface area contributed by atoms with Crippen molar-refractivity contribution in [2.45, 2.75) is 5.88 Å². The molecule has 0 aliphatic carbocycles. The van der Waals surface area contributed by atoms with E-state index in [0.717, 1.165) is 0 Å². The van der Waals surface area contributed by atoms with Crippen LogP contribution in [0.4, 0.5) is 0 Å². The molecule has 1 aromatic carbocycles. The molecule has 0 spiro atoms. The van der Waals surface area contributed by atoms with Crippen LogP contribution in [0, 0.1) is 11.3 Å². The van der Waals surface area contributed by atoms with Crippen LogP contribution in [0.1, 0.15) is 11.4 Å². The van der Waals surface area contributed by atoms with Crippen LogP contribution in [0.3, 0.4) is 0 Å². The van der Waals surface area contributed by atoms with Crippen LogP contribution in [-0.2, 0) is 5.88 Å². The highest BCUT2D eigenvalue weighted by Gasteiger charge is 2.16. The molecule has 0 unspecified atom stereocenters. The van der Waals surface area contributed by atoms with Gasteiger partial charge < -0.3 is 0 Å². The third-order valence-corrected chi connectivity index (χ3v) is 3.73. The lowest BCUT2D eigenvalue weighted by atomic mass is 10.2. The van der Waals surface area contributed by atoms with Crippen LogP contribution in [0.15, 0.2) is 30.5 Å². The summed E-state index contributed by atoms with van der Waals surface area (Å²) in [6.07, 6.45) is 1.53. The van der Waals surface area contributed by atoms with Crippen LogP contribution >= 0.6 is 34.8 Å². The average molecular weight is 338 g/mol. The van der Waals surface area contributed by atoms with Gasteiger partial charge in [0.2, 0.25) is 0 Å². The maximum absolute atomic E-state index is 9.05. The molecule has 0 bridgehead atoms. The lowest BCUT2D eigenvalue weighted by Gasteiger charge is -2.09. The molecule has 0 N–H and O–H groups in total. The molecule has 0 fully saturated rings. The zero-order chi connectivity index (χ0) is 15.0. The Kier molecular flexibility index (Phi) is 3.73. The van der Waals surface area contributed by atoms with Gasteiger partial charge in [0.25, 0.3) is 0 Å². The number of alkyl halides is 1. The Balaban J connectivity index is 2.36. The number of halogens is 3. The van der Waals surface area contributed by atoms with E-state index < -0.39 is 0 Å². The fourth-order valence-corrected chi connectivity index (χ4v) is 2.62. The SMILES string of the molecule is N#Cc1ccc(Cl)c(-n2c(CCl)nc3cc(Cl)cnc32)c1. The van der Waals surface area contributed by atoms with Gasteiger partial charge >= 0.3 is 0 Å². The first-order chi connectivity index (χ1) is 10.1. The Bertz CT molecular complexity index is 880. The van der Waals surface area contributed by atoms with Crippen LogP contribution < -0.4 is 0 Å². The van der Waals surface area contributed by atoms with Crippen molar-refractivity contribution in [3.05, 3.63) is 51.9 Å². The largest absolute Gasteiger partial charge is 0.278 e. The van der Waals surface area contributed by atoms with Crippen LogP contribution in [0.2, 0.25) is 10.0 Å². The second-order valence-electron chi connectivity index (χ2n) is 4.27. The first-order valence-electron chi connectivity index (χ1n) is 5.93. The number of imidazole rings is 1. The Morgan fingerprint density at radius 3 is 2.76 bits per heavy atom. The van der Waals surface area contributed by atoms with E-state index in [1.165, 1.54) is 6.20 Å². The molecule has 0 radical (unpaired) electrons. The molecule has 21 heavy (non-hydrogen) atoms. The smallest absolute Gasteiger partial charge is 0.164 e. The van der Waals surface area contributed by atoms with E-state index in [2.05, 4.69) is 16.0 Å². The van der Waals surface area contributed by atoms with E-state index in [-0.39, 0.29) is 5.88 Å². The minimum atomic E-state index is 0.182. The predicted octanol–water partition coefficient (Wildman–Crippen LogP) is 4.34. The van der Waals surface area contributed by atoms with E-state index in [0.29, 0.717) is 38.3 Å². The molecule has 2 aromatic heterocycles. The second-order valence-corrected chi connectivity index (χ2v) is 5.38. The highest BCUT2D eigenvalue weighted by atomic mass is 35.5. The summed E-state index contributed by atoms with van der Waals surface area (Å²) in [7, 11) is 0. The van der Waals surface area contributed by atoms with E-state index >= 15 is 0 Å². The summed E-state index contributed by atoms with van der Waals surface area (Å²) < 4.78 is 1.74. The molecule has 7 heteroatoms. The molecule has 104 valence electrons. The van der Waals surface area contributed by atoms with Crippen molar-refractivity contribution in [2.24, 2.45) is 0 Å². The number of nitriles is 1. The van der Waals surface area contributed by atoms with E-state index in [9.17, 15) is 0 Å². The number of nitrogens with zero attached hydrogens (tertiary/aromatic N) is 4. The fourth-order valence-electron chi connectivity index (χ4n) is 2.08. The lowest BCUT2D eigenvalue weighted by Crippen LogP contribution is -2.01. The molecule has 0 aliphatic heterocycles. The van der Waals surface area contributed by atoms with E-state index in [1.807, 2.05) is 0 Å². The molecule has 0 atom stereocenters. The number of fused-ring (bicyclic) bond motifs is 1. The van der Waals surface area contributed by atoms with Crippen molar-refractivity contribution in [3.8, 4) is 11.8 Å².